The molecule has 2 atom stereocenters. The highest BCUT2D eigenvalue weighted by molar-refractivity contribution is 6.08. The molecule has 1 aliphatic carbocycles. The average molecular weight is 319 g/mol. The summed E-state index contributed by atoms with van der Waals surface area (Å²) < 4.78 is 0. The Balaban J connectivity index is 1.46. The van der Waals surface area contributed by atoms with Gasteiger partial charge in [0.1, 0.15) is 11.7 Å². The number of aromatic nitrogens is 1. The van der Waals surface area contributed by atoms with Gasteiger partial charge in [-0.1, -0.05) is 18.7 Å². The zero-order valence-corrected chi connectivity index (χ0v) is 13.0. The summed E-state index contributed by atoms with van der Waals surface area (Å²) >= 11 is 0. The molecule has 1 aromatic carbocycles. The number of amidine groups is 1. The SMILES string of the molecule is C=C(NC1=NC(=O)C2CC12)Nc1ccc(-c2cccnc2)cc1N. The van der Waals surface area contributed by atoms with E-state index in [1.54, 1.807) is 12.4 Å². The summed E-state index contributed by atoms with van der Waals surface area (Å²) in [5.74, 6) is 1.55. The van der Waals surface area contributed by atoms with Crippen molar-refractivity contribution in [1.82, 2.24) is 10.3 Å². The number of nitrogens with two attached hydrogens (primary N) is 1. The van der Waals surface area contributed by atoms with Crippen LogP contribution in [0.3, 0.4) is 0 Å². The molecule has 2 unspecified atom stereocenters. The van der Waals surface area contributed by atoms with Gasteiger partial charge in [-0.05, 0) is 30.2 Å². The average Bonchev–Trinajstić information content (AvgIpc) is 3.32. The third-order valence-electron chi connectivity index (χ3n) is 4.30. The first kappa shape index (κ1) is 14.4. The number of nitrogens with one attached hydrogen (secondary N) is 2. The van der Waals surface area contributed by atoms with E-state index in [0.29, 0.717) is 17.3 Å². The van der Waals surface area contributed by atoms with E-state index < -0.39 is 0 Å². The molecule has 1 aliphatic heterocycles. The Morgan fingerprint density at radius 2 is 2.08 bits per heavy atom. The first-order chi connectivity index (χ1) is 11.6. The lowest BCUT2D eigenvalue weighted by Gasteiger charge is -2.15. The molecule has 1 aromatic heterocycles. The maximum absolute atomic E-state index is 11.5. The van der Waals surface area contributed by atoms with Crippen molar-refractivity contribution < 1.29 is 4.79 Å². The van der Waals surface area contributed by atoms with Crippen molar-refractivity contribution in [3.63, 3.8) is 0 Å². The number of anilines is 2. The van der Waals surface area contributed by atoms with Gasteiger partial charge in [-0.25, -0.2) is 0 Å². The Hall–Kier alpha value is -3.15. The van der Waals surface area contributed by atoms with Crippen LogP contribution in [0.4, 0.5) is 11.4 Å². The second kappa shape index (κ2) is 5.49. The normalized spacial score (nSPS) is 21.0. The van der Waals surface area contributed by atoms with Crippen LogP contribution < -0.4 is 16.4 Å². The van der Waals surface area contributed by atoms with Crippen molar-refractivity contribution in [3.8, 4) is 11.1 Å². The van der Waals surface area contributed by atoms with Gasteiger partial charge in [0.2, 0.25) is 0 Å². The summed E-state index contributed by atoms with van der Waals surface area (Å²) in [6, 6.07) is 9.62. The molecule has 1 amide bonds. The van der Waals surface area contributed by atoms with Crippen LogP contribution in [-0.2, 0) is 4.79 Å². The fraction of sp³-hybridized carbons (Fsp3) is 0.167. The zero-order valence-electron chi connectivity index (χ0n) is 13.0. The van der Waals surface area contributed by atoms with Crippen LogP contribution in [0, 0.1) is 11.8 Å². The maximum atomic E-state index is 11.5. The van der Waals surface area contributed by atoms with E-state index in [0.717, 1.165) is 23.2 Å². The third-order valence-corrected chi connectivity index (χ3v) is 4.30. The summed E-state index contributed by atoms with van der Waals surface area (Å²) in [7, 11) is 0. The number of nitrogens with zero attached hydrogens (tertiary/aromatic N) is 2. The number of hydrogen-bond donors (Lipinski definition) is 3. The van der Waals surface area contributed by atoms with E-state index in [-0.39, 0.29) is 17.7 Å². The van der Waals surface area contributed by atoms with Gasteiger partial charge in [-0.2, -0.15) is 4.99 Å². The molecule has 2 aromatic rings. The van der Waals surface area contributed by atoms with Gasteiger partial charge in [-0.15, -0.1) is 0 Å². The Morgan fingerprint density at radius 1 is 1.21 bits per heavy atom. The molecular weight excluding hydrogens is 302 g/mol. The highest BCUT2D eigenvalue weighted by atomic mass is 16.1. The highest BCUT2D eigenvalue weighted by Gasteiger charge is 2.51. The van der Waals surface area contributed by atoms with Gasteiger partial charge in [0.05, 0.1) is 17.3 Å². The van der Waals surface area contributed by atoms with Crippen molar-refractivity contribution in [2.75, 3.05) is 11.1 Å². The number of benzene rings is 1. The maximum Gasteiger partial charge on any atom is 0.251 e. The second-order valence-corrected chi connectivity index (χ2v) is 6.06. The molecule has 2 heterocycles. The van der Waals surface area contributed by atoms with E-state index in [1.807, 2.05) is 30.3 Å². The van der Waals surface area contributed by atoms with Gasteiger partial charge in [0.25, 0.3) is 5.91 Å². The second-order valence-electron chi connectivity index (χ2n) is 6.06. The van der Waals surface area contributed by atoms with E-state index >= 15 is 0 Å². The summed E-state index contributed by atoms with van der Waals surface area (Å²) in [6.45, 7) is 3.93. The predicted octanol–water partition coefficient (Wildman–Crippen LogP) is 2.38. The molecule has 0 saturated heterocycles. The molecular formula is C18H17N5O. The number of rotatable bonds is 4. The van der Waals surface area contributed by atoms with Crippen LogP contribution in [0.2, 0.25) is 0 Å². The van der Waals surface area contributed by atoms with Crippen LogP contribution in [-0.4, -0.2) is 16.7 Å². The fourth-order valence-corrected chi connectivity index (χ4v) is 2.91. The molecule has 120 valence electrons. The Kier molecular flexibility index (Phi) is 3.30. The topological polar surface area (TPSA) is 92.4 Å². The molecule has 1 saturated carbocycles. The lowest BCUT2D eigenvalue weighted by molar-refractivity contribution is -0.118. The van der Waals surface area contributed by atoms with Crippen molar-refractivity contribution in [2.45, 2.75) is 6.42 Å². The van der Waals surface area contributed by atoms with E-state index in [4.69, 9.17) is 5.73 Å². The first-order valence-electron chi connectivity index (χ1n) is 7.77. The number of pyridine rings is 1. The number of fused-ring (bicyclic) bond motifs is 1. The van der Waals surface area contributed by atoms with E-state index in [2.05, 4.69) is 27.2 Å². The molecule has 24 heavy (non-hydrogen) atoms. The summed E-state index contributed by atoms with van der Waals surface area (Å²) in [6.07, 6.45) is 4.42. The Bertz CT molecular complexity index is 859. The standard InChI is InChI=1S/C18H17N5O/c1-10(22-17-13-8-14(13)18(24)23-17)21-16-5-4-11(7-15(16)19)12-3-2-6-20-9-12/h2-7,9,13-14,21H,1,8,19H2,(H,22,23,24). The molecule has 0 radical (unpaired) electrons. The van der Waals surface area contributed by atoms with Crippen LogP contribution in [0.15, 0.2) is 60.1 Å². The molecule has 2 aliphatic rings. The quantitative estimate of drug-likeness (QED) is 0.753. The monoisotopic (exact) mass is 319 g/mol. The number of amides is 1. The van der Waals surface area contributed by atoms with Gasteiger partial charge in [0, 0.05) is 23.9 Å². The minimum atomic E-state index is -0.0318. The zero-order chi connectivity index (χ0) is 16.7. The minimum Gasteiger partial charge on any atom is -0.397 e. The van der Waals surface area contributed by atoms with Crippen LogP contribution in [0.5, 0.6) is 0 Å². The lowest BCUT2D eigenvalue weighted by Crippen LogP contribution is -2.27. The van der Waals surface area contributed by atoms with Crippen LogP contribution in [0.1, 0.15) is 6.42 Å². The number of nitrogen functional groups attached to an aromatic ring is 1. The van der Waals surface area contributed by atoms with Crippen LogP contribution >= 0.6 is 0 Å². The number of carbonyl (C=O) groups excluding carboxylic acids is 1. The summed E-state index contributed by atoms with van der Waals surface area (Å²) in [4.78, 5) is 19.6. The van der Waals surface area contributed by atoms with Gasteiger partial charge < -0.3 is 16.4 Å². The number of carbonyl (C=O) groups is 1. The van der Waals surface area contributed by atoms with Gasteiger partial charge >= 0.3 is 0 Å². The van der Waals surface area contributed by atoms with Crippen molar-refractivity contribution in [1.29, 1.82) is 0 Å². The smallest absolute Gasteiger partial charge is 0.251 e. The lowest BCUT2D eigenvalue weighted by atomic mass is 10.1. The molecule has 0 spiro atoms. The van der Waals surface area contributed by atoms with E-state index in [1.165, 1.54) is 0 Å². The van der Waals surface area contributed by atoms with Crippen molar-refractivity contribution in [2.24, 2.45) is 16.8 Å². The fourth-order valence-electron chi connectivity index (χ4n) is 2.91. The van der Waals surface area contributed by atoms with Crippen molar-refractivity contribution >= 4 is 23.1 Å². The molecule has 4 rings (SSSR count). The van der Waals surface area contributed by atoms with Crippen LogP contribution in [0.25, 0.3) is 11.1 Å². The van der Waals surface area contributed by atoms with Gasteiger partial charge in [-0.3, -0.25) is 9.78 Å². The molecule has 4 N–H and O–H groups in total. The molecule has 0 bridgehead atoms. The number of aliphatic imine (C=N–C) groups is 1. The predicted molar refractivity (Wildman–Crippen MR) is 94.0 cm³/mol. The first-order valence-corrected chi connectivity index (χ1v) is 7.77. The Morgan fingerprint density at radius 3 is 2.71 bits per heavy atom. The molecule has 6 heteroatoms. The highest BCUT2D eigenvalue weighted by Crippen LogP contribution is 2.44. The van der Waals surface area contributed by atoms with E-state index in [9.17, 15) is 4.79 Å². The summed E-state index contributed by atoms with van der Waals surface area (Å²) in [5.41, 5.74) is 9.49. The Labute approximate surface area is 139 Å². The molecule has 6 nitrogen and oxygen atoms in total. The van der Waals surface area contributed by atoms with Crippen molar-refractivity contribution in [3.05, 3.63) is 55.1 Å². The van der Waals surface area contributed by atoms with Gasteiger partial charge in [0.15, 0.2) is 0 Å². The minimum absolute atomic E-state index is 0.0318. The number of hydrogen-bond acceptors (Lipinski definition) is 5. The third kappa shape index (κ3) is 2.62. The summed E-state index contributed by atoms with van der Waals surface area (Å²) in [5, 5.41) is 6.21. The molecule has 1 fully saturated rings. The largest absolute Gasteiger partial charge is 0.397 e.